The molecule has 0 aliphatic heterocycles. The summed E-state index contributed by atoms with van der Waals surface area (Å²) < 4.78 is 0. The molecule has 0 fully saturated rings. The fourth-order valence-corrected chi connectivity index (χ4v) is 1.85. The third-order valence-electron chi connectivity index (χ3n) is 2.17. The number of benzene rings is 1. The minimum atomic E-state index is -0.429. The van der Waals surface area contributed by atoms with Crippen molar-refractivity contribution in [2.75, 3.05) is 11.6 Å². The number of rotatable bonds is 5. The Bertz CT molecular complexity index is 353. The van der Waals surface area contributed by atoms with Gasteiger partial charge in [-0.2, -0.15) is 0 Å². The second-order valence-corrected chi connectivity index (χ2v) is 4.48. The molecule has 1 aromatic carbocycles. The van der Waals surface area contributed by atoms with E-state index in [1.165, 1.54) is 0 Å². The van der Waals surface area contributed by atoms with Crippen LogP contribution in [0.2, 0.25) is 0 Å². The summed E-state index contributed by atoms with van der Waals surface area (Å²) in [6, 6.07) is 7.68. The number of para-hydroxylation sites is 1. The third-order valence-corrected chi connectivity index (χ3v) is 2.97. The molecule has 0 saturated carbocycles. The van der Waals surface area contributed by atoms with E-state index in [0.717, 1.165) is 10.6 Å². The zero-order chi connectivity index (χ0) is 12.0. The Morgan fingerprint density at radius 2 is 2.19 bits per heavy atom. The third kappa shape index (κ3) is 4.24. The van der Waals surface area contributed by atoms with Crippen LogP contribution in [0.15, 0.2) is 29.2 Å². The van der Waals surface area contributed by atoms with Crippen LogP contribution >= 0.6 is 11.8 Å². The average Bonchev–Trinajstić information content (AvgIpc) is 2.27. The van der Waals surface area contributed by atoms with Crippen molar-refractivity contribution in [3.8, 4) is 0 Å². The lowest BCUT2D eigenvalue weighted by Gasteiger charge is -2.09. The van der Waals surface area contributed by atoms with Crippen LogP contribution in [0, 0.1) is 0 Å². The van der Waals surface area contributed by atoms with Gasteiger partial charge in [-0.15, -0.1) is 11.8 Å². The molecular formula is C12H17NO2S. The van der Waals surface area contributed by atoms with E-state index >= 15 is 0 Å². The summed E-state index contributed by atoms with van der Waals surface area (Å²) in [6.45, 7) is 1.68. The molecule has 1 amide bonds. The molecule has 1 aromatic rings. The van der Waals surface area contributed by atoms with Crippen molar-refractivity contribution < 1.29 is 9.90 Å². The second kappa shape index (κ2) is 6.55. The monoisotopic (exact) mass is 239 g/mol. The Balaban J connectivity index is 2.55. The van der Waals surface area contributed by atoms with Gasteiger partial charge in [-0.3, -0.25) is 4.79 Å². The standard InChI is InChI=1S/C12H17NO2S/c1-9(14)7-8-12(15)13-10-5-3-4-6-11(10)16-2/h3-6,9,14H,7-8H2,1-2H3,(H,13,15). The fraction of sp³-hybridized carbons (Fsp3) is 0.417. The van der Waals surface area contributed by atoms with E-state index in [1.807, 2.05) is 30.5 Å². The topological polar surface area (TPSA) is 49.3 Å². The Morgan fingerprint density at radius 3 is 2.81 bits per heavy atom. The van der Waals surface area contributed by atoms with E-state index in [4.69, 9.17) is 5.11 Å². The molecule has 0 bridgehead atoms. The smallest absolute Gasteiger partial charge is 0.224 e. The summed E-state index contributed by atoms with van der Waals surface area (Å²) >= 11 is 1.60. The lowest BCUT2D eigenvalue weighted by Crippen LogP contribution is -2.14. The van der Waals surface area contributed by atoms with Crippen LogP contribution in [-0.2, 0) is 4.79 Å². The molecule has 1 unspecified atom stereocenters. The van der Waals surface area contributed by atoms with Gasteiger partial charge in [0.1, 0.15) is 0 Å². The van der Waals surface area contributed by atoms with Gasteiger partial charge in [-0.05, 0) is 31.7 Å². The first-order valence-corrected chi connectivity index (χ1v) is 6.47. The van der Waals surface area contributed by atoms with Crippen LogP contribution in [0.4, 0.5) is 5.69 Å². The van der Waals surface area contributed by atoms with E-state index in [1.54, 1.807) is 18.7 Å². The highest BCUT2D eigenvalue weighted by atomic mass is 32.2. The van der Waals surface area contributed by atoms with Crippen LogP contribution in [0.1, 0.15) is 19.8 Å². The predicted octanol–water partition coefficient (Wildman–Crippen LogP) is 2.51. The fourth-order valence-electron chi connectivity index (χ4n) is 1.30. The van der Waals surface area contributed by atoms with Crippen LogP contribution in [0.3, 0.4) is 0 Å². The lowest BCUT2D eigenvalue weighted by atomic mass is 10.2. The molecule has 1 atom stereocenters. The molecule has 3 nitrogen and oxygen atoms in total. The quantitative estimate of drug-likeness (QED) is 0.776. The van der Waals surface area contributed by atoms with Gasteiger partial charge in [0.15, 0.2) is 0 Å². The first kappa shape index (κ1) is 13.1. The van der Waals surface area contributed by atoms with Crippen LogP contribution in [0.5, 0.6) is 0 Å². The van der Waals surface area contributed by atoms with Gasteiger partial charge in [-0.25, -0.2) is 0 Å². The first-order valence-electron chi connectivity index (χ1n) is 5.24. The summed E-state index contributed by atoms with van der Waals surface area (Å²) in [5, 5.41) is 11.9. The van der Waals surface area contributed by atoms with Crippen molar-refractivity contribution in [3.63, 3.8) is 0 Å². The normalized spacial score (nSPS) is 12.2. The molecule has 2 N–H and O–H groups in total. The molecule has 0 saturated heterocycles. The van der Waals surface area contributed by atoms with Gasteiger partial charge in [-0.1, -0.05) is 12.1 Å². The molecule has 88 valence electrons. The van der Waals surface area contributed by atoms with E-state index < -0.39 is 6.10 Å². The van der Waals surface area contributed by atoms with Gasteiger partial charge in [0.2, 0.25) is 5.91 Å². The van der Waals surface area contributed by atoms with E-state index in [0.29, 0.717) is 12.8 Å². The summed E-state index contributed by atoms with van der Waals surface area (Å²) in [4.78, 5) is 12.6. The molecule has 4 heteroatoms. The molecule has 0 aliphatic rings. The van der Waals surface area contributed by atoms with E-state index in [2.05, 4.69) is 5.32 Å². The molecule has 0 aliphatic carbocycles. The zero-order valence-corrected chi connectivity index (χ0v) is 10.4. The lowest BCUT2D eigenvalue weighted by molar-refractivity contribution is -0.116. The molecular weight excluding hydrogens is 222 g/mol. The molecule has 0 radical (unpaired) electrons. The maximum Gasteiger partial charge on any atom is 0.224 e. The first-order chi connectivity index (χ1) is 7.63. The van der Waals surface area contributed by atoms with Crippen molar-refractivity contribution in [2.24, 2.45) is 0 Å². The highest BCUT2D eigenvalue weighted by Gasteiger charge is 2.07. The number of hydrogen-bond acceptors (Lipinski definition) is 3. The molecule has 0 heterocycles. The van der Waals surface area contributed by atoms with Crippen molar-refractivity contribution in [1.82, 2.24) is 0 Å². The van der Waals surface area contributed by atoms with E-state index in [-0.39, 0.29) is 5.91 Å². The summed E-state index contributed by atoms with van der Waals surface area (Å²) in [5.41, 5.74) is 0.839. The van der Waals surface area contributed by atoms with Gasteiger partial charge < -0.3 is 10.4 Å². The van der Waals surface area contributed by atoms with Crippen molar-refractivity contribution in [1.29, 1.82) is 0 Å². The maximum absolute atomic E-state index is 11.6. The number of thioether (sulfide) groups is 1. The Morgan fingerprint density at radius 1 is 1.50 bits per heavy atom. The Kier molecular flexibility index (Phi) is 5.35. The number of hydrogen-bond donors (Lipinski definition) is 2. The van der Waals surface area contributed by atoms with Crippen LogP contribution < -0.4 is 5.32 Å². The predicted molar refractivity (Wildman–Crippen MR) is 67.8 cm³/mol. The summed E-state index contributed by atoms with van der Waals surface area (Å²) in [6.07, 6.45) is 2.38. The van der Waals surface area contributed by atoms with Crippen molar-refractivity contribution in [3.05, 3.63) is 24.3 Å². The largest absolute Gasteiger partial charge is 0.393 e. The van der Waals surface area contributed by atoms with Crippen molar-refractivity contribution >= 4 is 23.4 Å². The van der Waals surface area contributed by atoms with Gasteiger partial charge in [0, 0.05) is 11.3 Å². The number of amides is 1. The van der Waals surface area contributed by atoms with Gasteiger partial charge in [0.05, 0.1) is 11.8 Å². The number of nitrogens with one attached hydrogen (secondary N) is 1. The van der Waals surface area contributed by atoms with Crippen LogP contribution in [-0.4, -0.2) is 23.4 Å². The minimum absolute atomic E-state index is 0.0533. The summed E-state index contributed by atoms with van der Waals surface area (Å²) in [7, 11) is 0. The van der Waals surface area contributed by atoms with E-state index in [9.17, 15) is 4.79 Å². The Hall–Kier alpha value is -1.00. The molecule has 1 rings (SSSR count). The average molecular weight is 239 g/mol. The molecule has 0 aromatic heterocycles. The number of aliphatic hydroxyl groups excluding tert-OH is 1. The number of carbonyl (C=O) groups excluding carboxylic acids is 1. The Labute approximate surface area is 100 Å². The maximum atomic E-state index is 11.6. The van der Waals surface area contributed by atoms with Gasteiger partial charge >= 0.3 is 0 Å². The SMILES string of the molecule is CSc1ccccc1NC(=O)CCC(C)O. The van der Waals surface area contributed by atoms with Crippen LogP contribution in [0.25, 0.3) is 0 Å². The van der Waals surface area contributed by atoms with Gasteiger partial charge in [0.25, 0.3) is 0 Å². The number of aliphatic hydroxyl groups is 1. The highest BCUT2D eigenvalue weighted by molar-refractivity contribution is 7.98. The summed E-state index contributed by atoms with van der Waals surface area (Å²) in [5.74, 6) is -0.0533. The minimum Gasteiger partial charge on any atom is -0.393 e. The second-order valence-electron chi connectivity index (χ2n) is 3.64. The van der Waals surface area contributed by atoms with Crippen molar-refractivity contribution in [2.45, 2.75) is 30.8 Å². The number of carbonyl (C=O) groups is 1. The number of anilines is 1. The molecule has 16 heavy (non-hydrogen) atoms. The zero-order valence-electron chi connectivity index (χ0n) is 9.56. The highest BCUT2D eigenvalue weighted by Crippen LogP contribution is 2.24. The molecule has 0 spiro atoms.